The lowest BCUT2D eigenvalue weighted by Crippen LogP contribution is -2.17. The number of rotatable bonds is 5. The average molecular weight is 402 g/mol. The minimum absolute atomic E-state index is 0.254. The van der Waals surface area contributed by atoms with E-state index in [0.717, 1.165) is 30.0 Å². The van der Waals surface area contributed by atoms with Crippen molar-refractivity contribution in [1.29, 1.82) is 0 Å². The van der Waals surface area contributed by atoms with Crippen LogP contribution in [0.5, 0.6) is 11.5 Å². The number of halogens is 2. The van der Waals surface area contributed by atoms with E-state index in [1.807, 2.05) is 25.3 Å². The number of aromatic nitrogens is 2. The van der Waals surface area contributed by atoms with Crippen molar-refractivity contribution in [2.24, 2.45) is 0 Å². The lowest BCUT2D eigenvalue weighted by atomic mass is 9.98. The van der Waals surface area contributed by atoms with Gasteiger partial charge < -0.3 is 19.4 Å². The summed E-state index contributed by atoms with van der Waals surface area (Å²) in [6, 6.07) is 8.45. The Morgan fingerprint density at radius 2 is 1.93 bits per heavy atom. The number of benzene rings is 2. The molecule has 0 saturated carbocycles. The molecule has 2 aromatic carbocycles. The Balaban J connectivity index is 1.66. The molecule has 1 aliphatic rings. The Bertz CT molecular complexity index is 1030. The highest BCUT2D eigenvalue weighted by atomic mass is 35.5. The maximum absolute atomic E-state index is 14.2. The Hall–Kier alpha value is -2.73. The second-order valence-electron chi connectivity index (χ2n) is 6.76. The molecular weight excluding hydrogens is 381 g/mol. The fraction of sp³-hybridized carbons (Fsp3) is 0.286. The predicted molar refractivity (Wildman–Crippen MR) is 108 cm³/mol. The first-order valence-corrected chi connectivity index (χ1v) is 9.42. The van der Waals surface area contributed by atoms with E-state index >= 15 is 0 Å². The number of ether oxygens (including phenoxy) is 2. The molecule has 0 radical (unpaired) electrons. The number of imidazole rings is 1. The molecule has 0 aliphatic carbocycles. The van der Waals surface area contributed by atoms with Gasteiger partial charge in [0, 0.05) is 22.7 Å². The molecule has 1 aromatic heterocycles. The second-order valence-corrected chi connectivity index (χ2v) is 7.20. The van der Waals surface area contributed by atoms with Crippen LogP contribution in [0.2, 0.25) is 5.02 Å². The van der Waals surface area contributed by atoms with Crippen molar-refractivity contribution in [3.8, 4) is 22.8 Å². The largest absolute Gasteiger partial charge is 0.493 e. The second kappa shape index (κ2) is 7.36. The molecular formula is C21H21ClFN3O2. The van der Waals surface area contributed by atoms with Crippen LogP contribution in [0, 0.1) is 5.82 Å². The summed E-state index contributed by atoms with van der Waals surface area (Å²) in [4.78, 5) is 4.54. The van der Waals surface area contributed by atoms with Gasteiger partial charge in [-0.25, -0.2) is 9.37 Å². The number of methoxy groups -OCH3 is 2. The van der Waals surface area contributed by atoms with Gasteiger partial charge in [0.15, 0.2) is 11.5 Å². The third-order valence-corrected chi connectivity index (χ3v) is 5.36. The van der Waals surface area contributed by atoms with Crippen molar-refractivity contribution in [1.82, 2.24) is 9.55 Å². The molecule has 0 saturated heterocycles. The molecule has 1 atom stereocenters. The third kappa shape index (κ3) is 3.18. The first kappa shape index (κ1) is 18.6. The molecule has 28 heavy (non-hydrogen) atoms. The van der Waals surface area contributed by atoms with Gasteiger partial charge in [-0.2, -0.15) is 0 Å². The van der Waals surface area contributed by atoms with E-state index in [9.17, 15) is 4.39 Å². The van der Waals surface area contributed by atoms with Crippen LogP contribution in [-0.2, 0) is 13.0 Å². The number of aryl methyl sites for hydroxylation is 1. The van der Waals surface area contributed by atoms with E-state index in [2.05, 4.69) is 14.9 Å². The van der Waals surface area contributed by atoms with Crippen molar-refractivity contribution in [2.45, 2.75) is 25.9 Å². The summed E-state index contributed by atoms with van der Waals surface area (Å²) in [7, 11) is 3.26. The smallest absolute Gasteiger partial charge is 0.203 e. The molecule has 1 unspecified atom stereocenters. The molecule has 0 spiro atoms. The molecule has 1 N–H and O–H groups in total. The minimum atomic E-state index is -0.333. The van der Waals surface area contributed by atoms with Crippen molar-refractivity contribution >= 4 is 17.5 Å². The molecule has 0 bridgehead atoms. The number of nitrogens with one attached hydrogen (secondary N) is 1. The zero-order valence-corrected chi connectivity index (χ0v) is 16.7. The molecule has 1 aliphatic heterocycles. The number of nitrogens with zero attached hydrogens (tertiary/aromatic N) is 2. The van der Waals surface area contributed by atoms with E-state index in [1.54, 1.807) is 26.4 Å². The quantitative estimate of drug-likeness (QED) is 0.647. The first-order chi connectivity index (χ1) is 13.5. The summed E-state index contributed by atoms with van der Waals surface area (Å²) in [5.74, 6) is 1.78. The Kier molecular flexibility index (Phi) is 4.89. The standard InChI is InChI=1S/C21H21ClFN3O2/c1-12(15-5-4-14(22)9-17(15)23)25-21-24-11-18-16-10-20(28-3)19(27-2)8-13(16)6-7-26(18)21/h4-5,8-12H,6-7H2,1-3H3,(H,24,25). The fourth-order valence-electron chi connectivity index (χ4n) is 3.65. The fourth-order valence-corrected chi connectivity index (χ4v) is 3.81. The van der Waals surface area contributed by atoms with Gasteiger partial charge in [-0.05, 0) is 43.2 Å². The molecule has 146 valence electrons. The van der Waals surface area contributed by atoms with E-state index in [0.29, 0.717) is 22.3 Å². The van der Waals surface area contributed by atoms with E-state index in [-0.39, 0.29) is 11.9 Å². The number of fused-ring (bicyclic) bond motifs is 3. The molecule has 7 heteroatoms. The van der Waals surface area contributed by atoms with Crippen LogP contribution in [0.25, 0.3) is 11.3 Å². The van der Waals surface area contributed by atoms with Gasteiger partial charge in [0.25, 0.3) is 0 Å². The molecule has 3 aromatic rings. The van der Waals surface area contributed by atoms with Gasteiger partial charge in [-0.1, -0.05) is 17.7 Å². The minimum Gasteiger partial charge on any atom is -0.493 e. The number of hydrogen-bond acceptors (Lipinski definition) is 4. The summed E-state index contributed by atoms with van der Waals surface area (Å²) < 4.78 is 27.2. The summed E-state index contributed by atoms with van der Waals surface area (Å²) >= 11 is 5.86. The van der Waals surface area contributed by atoms with Crippen molar-refractivity contribution in [3.05, 3.63) is 58.5 Å². The molecule has 2 heterocycles. The lowest BCUT2D eigenvalue weighted by Gasteiger charge is -2.23. The number of anilines is 1. The van der Waals surface area contributed by atoms with E-state index in [4.69, 9.17) is 21.1 Å². The first-order valence-electron chi connectivity index (χ1n) is 9.04. The van der Waals surface area contributed by atoms with Gasteiger partial charge in [0.2, 0.25) is 5.95 Å². The summed E-state index contributed by atoms with van der Waals surface area (Å²) in [5.41, 5.74) is 3.79. The van der Waals surface area contributed by atoms with Gasteiger partial charge >= 0.3 is 0 Å². The van der Waals surface area contributed by atoms with Crippen molar-refractivity contribution < 1.29 is 13.9 Å². The highest BCUT2D eigenvalue weighted by Crippen LogP contribution is 2.39. The number of hydrogen-bond donors (Lipinski definition) is 1. The molecule has 0 amide bonds. The van der Waals surface area contributed by atoms with Gasteiger partial charge in [-0.3, -0.25) is 0 Å². The van der Waals surface area contributed by atoms with Crippen LogP contribution >= 0.6 is 11.6 Å². The molecule has 4 rings (SSSR count). The predicted octanol–water partition coefficient (Wildman–Crippen LogP) is 5.09. The van der Waals surface area contributed by atoms with Crippen molar-refractivity contribution in [3.63, 3.8) is 0 Å². The molecule has 0 fully saturated rings. The van der Waals surface area contributed by atoms with Crippen LogP contribution < -0.4 is 14.8 Å². The summed E-state index contributed by atoms with van der Waals surface area (Å²) in [5, 5.41) is 3.70. The van der Waals surface area contributed by atoms with Gasteiger partial charge in [0.1, 0.15) is 5.82 Å². The van der Waals surface area contributed by atoms with Crippen LogP contribution in [-0.4, -0.2) is 23.8 Å². The normalized spacial score (nSPS) is 13.5. The Morgan fingerprint density at radius 3 is 2.64 bits per heavy atom. The molecule has 5 nitrogen and oxygen atoms in total. The zero-order chi connectivity index (χ0) is 19.8. The van der Waals surface area contributed by atoms with E-state index in [1.165, 1.54) is 11.6 Å². The highest BCUT2D eigenvalue weighted by Gasteiger charge is 2.23. The SMILES string of the molecule is COc1cc2c(cc1OC)-c1cnc(NC(C)c3ccc(Cl)cc3F)n1CC2. The maximum atomic E-state index is 14.2. The maximum Gasteiger partial charge on any atom is 0.203 e. The van der Waals surface area contributed by atoms with Crippen LogP contribution in [0.3, 0.4) is 0 Å². The van der Waals surface area contributed by atoms with Crippen LogP contribution in [0.1, 0.15) is 24.1 Å². The lowest BCUT2D eigenvalue weighted by molar-refractivity contribution is 0.354. The summed E-state index contributed by atoms with van der Waals surface area (Å²) in [6.45, 7) is 2.68. The van der Waals surface area contributed by atoms with Crippen LogP contribution in [0.4, 0.5) is 10.3 Å². The topological polar surface area (TPSA) is 48.3 Å². The highest BCUT2D eigenvalue weighted by molar-refractivity contribution is 6.30. The average Bonchev–Trinajstić information content (AvgIpc) is 3.09. The van der Waals surface area contributed by atoms with Crippen LogP contribution in [0.15, 0.2) is 36.5 Å². The van der Waals surface area contributed by atoms with Gasteiger partial charge in [0.05, 0.1) is 32.2 Å². The Labute approximate surface area is 168 Å². The van der Waals surface area contributed by atoms with Crippen molar-refractivity contribution in [2.75, 3.05) is 19.5 Å². The zero-order valence-electron chi connectivity index (χ0n) is 15.9. The third-order valence-electron chi connectivity index (χ3n) is 5.12. The monoisotopic (exact) mass is 401 g/mol. The Morgan fingerprint density at radius 1 is 1.18 bits per heavy atom. The summed E-state index contributed by atoms with van der Waals surface area (Å²) in [6.07, 6.45) is 2.68. The van der Waals surface area contributed by atoms with E-state index < -0.39 is 0 Å². The van der Waals surface area contributed by atoms with Gasteiger partial charge in [-0.15, -0.1) is 0 Å².